The third-order valence-corrected chi connectivity index (χ3v) is 4.26. The lowest BCUT2D eigenvalue weighted by Gasteiger charge is -2.02. The largest absolute Gasteiger partial charge is 0.347 e. The zero-order valence-corrected chi connectivity index (χ0v) is 15.0. The van der Waals surface area contributed by atoms with E-state index in [1.807, 2.05) is 24.4 Å². The van der Waals surface area contributed by atoms with Gasteiger partial charge in [-0.2, -0.15) is 5.10 Å². The Balaban J connectivity index is 1.77. The van der Waals surface area contributed by atoms with Crippen molar-refractivity contribution in [2.75, 3.05) is 0 Å². The van der Waals surface area contributed by atoms with Crippen LogP contribution in [0.15, 0.2) is 59.8 Å². The molecule has 1 N–H and O–H groups in total. The minimum absolute atomic E-state index is 0.134. The first-order chi connectivity index (χ1) is 13.1. The summed E-state index contributed by atoms with van der Waals surface area (Å²) in [5.74, 6) is -0.496. The van der Waals surface area contributed by atoms with Crippen molar-refractivity contribution < 1.29 is 9.72 Å². The number of hydrogen-bond donors (Lipinski definition) is 1. The maximum atomic E-state index is 12.2. The Labute approximate surface area is 156 Å². The highest BCUT2D eigenvalue weighted by Gasteiger charge is 2.11. The fraction of sp³-hybridized carbons (Fsp3) is 0.200. The number of nitrogens with zero attached hydrogens (tertiary/aromatic N) is 3. The monoisotopic (exact) mass is 364 g/mol. The molecule has 138 valence electrons. The Morgan fingerprint density at radius 1 is 1.26 bits per heavy atom. The molecule has 0 saturated heterocycles. The van der Waals surface area contributed by atoms with Gasteiger partial charge in [-0.25, -0.2) is 5.43 Å². The van der Waals surface area contributed by atoms with Crippen molar-refractivity contribution in [3.05, 3.63) is 76.0 Å². The minimum Gasteiger partial charge on any atom is -0.347 e. The zero-order valence-electron chi connectivity index (χ0n) is 15.0. The number of para-hydroxylation sites is 1. The lowest BCUT2D eigenvalue weighted by atomic mass is 10.2. The van der Waals surface area contributed by atoms with Crippen LogP contribution in [0.3, 0.4) is 0 Å². The number of aryl methyl sites for hydroxylation is 1. The number of nitro groups is 1. The van der Waals surface area contributed by atoms with Gasteiger partial charge in [0, 0.05) is 46.9 Å². The van der Waals surface area contributed by atoms with Crippen molar-refractivity contribution >= 4 is 28.7 Å². The first kappa shape index (κ1) is 18.3. The molecule has 1 heterocycles. The normalized spacial score (nSPS) is 11.1. The summed E-state index contributed by atoms with van der Waals surface area (Å²) < 4.78 is 2.18. The van der Waals surface area contributed by atoms with Crippen LogP contribution in [0.4, 0.5) is 5.69 Å². The smallest absolute Gasteiger partial charge is 0.271 e. The molecule has 0 spiro atoms. The van der Waals surface area contributed by atoms with Crippen LogP contribution >= 0.6 is 0 Å². The Kier molecular flexibility index (Phi) is 5.61. The van der Waals surface area contributed by atoms with Gasteiger partial charge in [0.05, 0.1) is 11.1 Å². The number of nitrogens with one attached hydrogen (secondary N) is 1. The number of aromatic nitrogens is 1. The average molecular weight is 364 g/mol. The predicted octanol–water partition coefficient (Wildman–Crippen LogP) is 4.11. The van der Waals surface area contributed by atoms with Crippen LogP contribution in [-0.2, 0) is 6.54 Å². The van der Waals surface area contributed by atoms with Gasteiger partial charge < -0.3 is 4.57 Å². The molecule has 7 heteroatoms. The Morgan fingerprint density at radius 3 is 2.85 bits per heavy atom. The third kappa shape index (κ3) is 4.20. The van der Waals surface area contributed by atoms with Crippen LogP contribution in [0.2, 0.25) is 0 Å². The molecule has 0 fully saturated rings. The molecule has 2 aromatic carbocycles. The lowest BCUT2D eigenvalue weighted by Crippen LogP contribution is -2.17. The second-order valence-corrected chi connectivity index (χ2v) is 6.16. The second kappa shape index (κ2) is 8.27. The molecule has 0 aliphatic carbocycles. The molecular formula is C20H20N4O3. The Bertz CT molecular complexity index is 1010. The fourth-order valence-electron chi connectivity index (χ4n) is 2.88. The summed E-state index contributed by atoms with van der Waals surface area (Å²) in [5.41, 5.74) is 4.51. The van der Waals surface area contributed by atoms with Crippen LogP contribution in [0.1, 0.15) is 35.7 Å². The van der Waals surface area contributed by atoms with Gasteiger partial charge in [0.25, 0.3) is 11.6 Å². The number of fused-ring (bicyclic) bond motifs is 1. The zero-order chi connectivity index (χ0) is 19.2. The van der Waals surface area contributed by atoms with Crippen LogP contribution in [0.25, 0.3) is 10.9 Å². The molecule has 0 radical (unpaired) electrons. The molecule has 27 heavy (non-hydrogen) atoms. The Hall–Kier alpha value is -3.48. The summed E-state index contributed by atoms with van der Waals surface area (Å²) in [5, 5.41) is 15.9. The van der Waals surface area contributed by atoms with Crippen LogP contribution in [-0.4, -0.2) is 21.6 Å². The molecule has 1 amide bonds. The highest BCUT2D eigenvalue weighted by molar-refractivity contribution is 6.00. The van der Waals surface area contributed by atoms with Crippen molar-refractivity contribution in [3.63, 3.8) is 0 Å². The highest BCUT2D eigenvalue weighted by atomic mass is 16.6. The van der Waals surface area contributed by atoms with E-state index in [2.05, 4.69) is 28.1 Å². The SMILES string of the molecule is CCCCn1cc(C=NNC(=O)c2cccc([N+](=O)[O-])c2)c2ccccc21. The number of hydrazone groups is 1. The standard InChI is InChI=1S/C20H20N4O3/c1-2-3-11-23-14-16(18-9-4-5-10-19(18)23)13-21-22-20(25)15-7-6-8-17(12-15)24(26)27/h4-10,12-14H,2-3,11H2,1H3,(H,22,25). The van der Waals surface area contributed by atoms with Gasteiger partial charge in [-0.15, -0.1) is 0 Å². The van der Waals surface area contributed by atoms with E-state index >= 15 is 0 Å². The quantitative estimate of drug-likeness (QED) is 0.388. The molecule has 0 saturated carbocycles. The van der Waals surface area contributed by atoms with E-state index in [0.29, 0.717) is 0 Å². The number of rotatable bonds is 7. The summed E-state index contributed by atoms with van der Waals surface area (Å²) in [6.45, 7) is 3.07. The van der Waals surface area contributed by atoms with Gasteiger partial charge in [-0.1, -0.05) is 37.6 Å². The summed E-state index contributed by atoms with van der Waals surface area (Å²) in [6, 6.07) is 13.6. The van der Waals surface area contributed by atoms with E-state index in [4.69, 9.17) is 0 Å². The summed E-state index contributed by atoms with van der Waals surface area (Å²) >= 11 is 0. The van der Waals surface area contributed by atoms with E-state index < -0.39 is 10.8 Å². The van der Waals surface area contributed by atoms with Crippen molar-refractivity contribution in [1.82, 2.24) is 9.99 Å². The molecule has 0 unspecified atom stereocenters. The van der Waals surface area contributed by atoms with Crippen molar-refractivity contribution in [1.29, 1.82) is 0 Å². The number of nitro benzene ring substituents is 1. The molecule has 0 aliphatic heterocycles. The number of amides is 1. The van der Waals surface area contributed by atoms with E-state index in [1.54, 1.807) is 6.21 Å². The van der Waals surface area contributed by atoms with Gasteiger partial charge >= 0.3 is 0 Å². The number of unbranched alkanes of at least 4 members (excludes halogenated alkanes) is 1. The lowest BCUT2D eigenvalue weighted by molar-refractivity contribution is -0.384. The maximum absolute atomic E-state index is 12.2. The maximum Gasteiger partial charge on any atom is 0.271 e. The van der Waals surface area contributed by atoms with Crippen molar-refractivity contribution in [3.8, 4) is 0 Å². The van der Waals surface area contributed by atoms with Crippen LogP contribution in [0, 0.1) is 10.1 Å². The van der Waals surface area contributed by atoms with Gasteiger partial charge in [-0.05, 0) is 18.6 Å². The molecular weight excluding hydrogens is 344 g/mol. The summed E-state index contributed by atoms with van der Waals surface area (Å²) in [7, 11) is 0. The molecule has 0 atom stereocenters. The number of hydrogen-bond acceptors (Lipinski definition) is 4. The predicted molar refractivity (Wildman–Crippen MR) is 105 cm³/mol. The topological polar surface area (TPSA) is 89.5 Å². The number of carbonyl (C=O) groups is 1. The molecule has 0 aliphatic rings. The Morgan fingerprint density at radius 2 is 2.07 bits per heavy atom. The van der Waals surface area contributed by atoms with E-state index in [0.717, 1.165) is 35.9 Å². The van der Waals surface area contributed by atoms with E-state index in [-0.39, 0.29) is 11.3 Å². The van der Waals surface area contributed by atoms with Crippen molar-refractivity contribution in [2.24, 2.45) is 5.10 Å². The van der Waals surface area contributed by atoms with Gasteiger partial charge in [-0.3, -0.25) is 14.9 Å². The number of benzene rings is 2. The van der Waals surface area contributed by atoms with E-state index in [1.165, 1.54) is 24.3 Å². The molecule has 3 aromatic rings. The summed E-state index contributed by atoms with van der Waals surface area (Å²) in [4.78, 5) is 22.4. The second-order valence-electron chi connectivity index (χ2n) is 6.16. The highest BCUT2D eigenvalue weighted by Crippen LogP contribution is 2.20. The minimum atomic E-state index is -0.537. The molecule has 7 nitrogen and oxygen atoms in total. The van der Waals surface area contributed by atoms with Gasteiger partial charge in [0.1, 0.15) is 0 Å². The average Bonchev–Trinajstić information content (AvgIpc) is 3.04. The first-order valence-corrected chi connectivity index (χ1v) is 8.76. The fourth-order valence-corrected chi connectivity index (χ4v) is 2.88. The van der Waals surface area contributed by atoms with Crippen LogP contribution in [0.5, 0.6) is 0 Å². The van der Waals surface area contributed by atoms with Gasteiger partial charge in [0.15, 0.2) is 0 Å². The van der Waals surface area contributed by atoms with Gasteiger partial charge in [0.2, 0.25) is 0 Å². The van der Waals surface area contributed by atoms with E-state index in [9.17, 15) is 14.9 Å². The summed E-state index contributed by atoms with van der Waals surface area (Å²) in [6.07, 6.45) is 5.80. The number of non-ortho nitro benzene ring substituents is 1. The van der Waals surface area contributed by atoms with Crippen LogP contribution < -0.4 is 5.43 Å². The first-order valence-electron chi connectivity index (χ1n) is 8.76. The molecule has 3 rings (SSSR count). The van der Waals surface area contributed by atoms with Crippen molar-refractivity contribution in [2.45, 2.75) is 26.3 Å². The molecule has 1 aromatic heterocycles. The number of carbonyl (C=O) groups excluding carboxylic acids is 1. The molecule has 0 bridgehead atoms. The third-order valence-electron chi connectivity index (χ3n) is 4.26.